The number of benzene rings is 2. The topological polar surface area (TPSA) is 68.7 Å². The number of rotatable bonds is 5. The zero-order chi connectivity index (χ0) is 23.3. The van der Waals surface area contributed by atoms with Gasteiger partial charge in [-0.15, -0.1) is 0 Å². The van der Waals surface area contributed by atoms with Gasteiger partial charge in [-0.25, -0.2) is 9.79 Å². The molecule has 9 heteroatoms. The van der Waals surface area contributed by atoms with Gasteiger partial charge in [-0.3, -0.25) is 19.5 Å². The first-order valence-electron chi connectivity index (χ1n) is 10.7. The van der Waals surface area contributed by atoms with Gasteiger partial charge in [0, 0.05) is 30.9 Å². The highest BCUT2D eigenvalue weighted by Gasteiger charge is 2.54. The van der Waals surface area contributed by atoms with E-state index in [0.29, 0.717) is 11.0 Å². The molecule has 5 rings (SSSR count). The highest BCUT2D eigenvalue weighted by Crippen LogP contribution is 2.41. The van der Waals surface area contributed by atoms with Crippen molar-refractivity contribution in [1.82, 2.24) is 14.7 Å². The van der Waals surface area contributed by atoms with Gasteiger partial charge in [0.25, 0.3) is 5.91 Å². The standard InChI is InChI=1S/C24H24ClN5O3/c1-15-17(25)10-7-11-18(15)30-19(16-8-5-4-6-9-16)14-29-20-21(26-23(29)30)27(2)24(32)28(22(20)31)12-13-33-3/h4-11,14,20-21H,12-13H2,1-3H3. The summed E-state index contributed by atoms with van der Waals surface area (Å²) in [6, 6.07) is 14.6. The molecule has 0 radical (unpaired) electrons. The summed E-state index contributed by atoms with van der Waals surface area (Å²) in [6.45, 7) is 2.42. The van der Waals surface area contributed by atoms with Gasteiger partial charge in [-0.2, -0.15) is 0 Å². The quantitative estimate of drug-likeness (QED) is 0.677. The second-order valence-corrected chi connectivity index (χ2v) is 8.58. The molecule has 3 aliphatic heterocycles. The molecule has 1 saturated heterocycles. The van der Waals surface area contributed by atoms with E-state index in [9.17, 15) is 9.59 Å². The molecule has 170 valence electrons. The number of amides is 3. The minimum absolute atomic E-state index is 0.192. The Balaban J connectivity index is 1.62. The van der Waals surface area contributed by atoms with Crippen LogP contribution in [0.2, 0.25) is 5.02 Å². The lowest BCUT2D eigenvalue weighted by Gasteiger charge is -2.40. The number of imide groups is 1. The molecule has 2 unspecified atom stereocenters. The summed E-state index contributed by atoms with van der Waals surface area (Å²) in [5.41, 5.74) is 3.64. The molecule has 3 amide bonds. The lowest BCUT2D eigenvalue weighted by Crippen LogP contribution is -2.64. The van der Waals surface area contributed by atoms with Crippen LogP contribution in [0, 0.1) is 6.92 Å². The maximum atomic E-state index is 13.5. The van der Waals surface area contributed by atoms with E-state index < -0.39 is 12.2 Å². The van der Waals surface area contributed by atoms with Crippen molar-refractivity contribution < 1.29 is 14.3 Å². The molecule has 8 nitrogen and oxygen atoms in total. The van der Waals surface area contributed by atoms with Crippen molar-refractivity contribution in [1.29, 1.82) is 0 Å². The van der Waals surface area contributed by atoms with Gasteiger partial charge < -0.3 is 9.64 Å². The molecule has 33 heavy (non-hydrogen) atoms. The van der Waals surface area contributed by atoms with E-state index in [4.69, 9.17) is 21.3 Å². The predicted molar refractivity (Wildman–Crippen MR) is 127 cm³/mol. The Bertz CT molecular complexity index is 1180. The summed E-state index contributed by atoms with van der Waals surface area (Å²) in [7, 11) is 3.22. The third-order valence-corrected chi connectivity index (χ3v) is 6.69. The average Bonchev–Trinajstić information content (AvgIpc) is 3.37. The molecule has 2 atom stereocenters. The van der Waals surface area contributed by atoms with E-state index in [0.717, 1.165) is 22.5 Å². The summed E-state index contributed by atoms with van der Waals surface area (Å²) < 4.78 is 5.11. The molecular formula is C24H24ClN5O3. The molecule has 0 spiro atoms. The first-order valence-corrected chi connectivity index (χ1v) is 11.1. The smallest absolute Gasteiger partial charge is 0.328 e. The molecule has 0 saturated carbocycles. The van der Waals surface area contributed by atoms with Gasteiger partial charge in [-0.1, -0.05) is 48.0 Å². The first-order chi connectivity index (χ1) is 15.9. The Morgan fingerprint density at radius 2 is 1.85 bits per heavy atom. The summed E-state index contributed by atoms with van der Waals surface area (Å²) in [6.07, 6.45) is 1.32. The van der Waals surface area contributed by atoms with Crippen LogP contribution in [0.5, 0.6) is 0 Å². The fourth-order valence-electron chi connectivity index (χ4n) is 4.51. The maximum absolute atomic E-state index is 13.5. The molecule has 0 aromatic heterocycles. The molecule has 0 N–H and O–H groups in total. The van der Waals surface area contributed by atoms with Crippen LogP contribution in [0.4, 0.5) is 10.5 Å². The Hall–Kier alpha value is -3.36. The number of nitrogens with zero attached hydrogens (tertiary/aromatic N) is 5. The normalized spacial score (nSPS) is 21.9. The Morgan fingerprint density at radius 3 is 2.58 bits per heavy atom. The van der Waals surface area contributed by atoms with Crippen LogP contribution in [0.1, 0.15) is 11.1 Å². The largest absolute Gasteiger partial charge is 0.383 e. The summed E-state index contributed by atoms with van der Waals surface area (Å²) in [5, 5.41) is 0.642. The molecule has 2 aromatic rings. The van der Waals surface area contributed by atoms with E-state index in [-0.39, 0.29) is 25.1 Å². The number of hydrogen-bond donors (Lipinski definition) is 0. The van der Waals surface area contributed by atoms with Crippen molar-refractivity contribution in [3.63, 3.8) is 0 Å². The van der Waals surface area contributed by atoms with Crippen molar-refractivity contribution in [2.45, 2.75) is 19.1 Å². The van der Waals surface area contributed by atoms with E-state index in [1.165, 1.54) is 9.80 Å². The minimum atomic E-state index is -0.650. The number of ether oxygens (including phenoxy) is 1. The summed E-state index contributed by atoms with van der Waals surface area (Å²) in [4.78, 5) is 37.9. The van der Waals surface area contributed by atoms with Crippen LogP contribution in [0.25, 0.3) is 5.70 Å². The highest BCUT2D eigenvalue weighted by atomic mass is 35.5. The van der Waals surface area contributed by atoms with Gasteiger partial charge in [0.05, 0.1) is 24.5 Å². The summed E-state index contributed by atoms with van der Waals surface area (Å²) >= 11 is 6.46. The van der Waals surface area contributed by atoms with Gasteiger partial charge in [0.1, 0.15) is 0 Å². The molecular weight excluding hydrogens is 442 g/mol. The fourth-order valence-corrected chi connectivity index (χ4v) is 4.68. The molecule has 3 heterocycles. The second-order valence-electron chi connectivity index (χ2n) is 8.17. The lowest BCUT2D eigenvalue weighted by molar-refractivity contribution is -0.137. The van der Waals surface area contributed by atoms with Gasteiger partial charge >= 0.3 is 6.03 Å². The van der Waals surface area contributed by atoms with Gasteiger partial charge in [0.15, 0.2) is 12.2 Å². The first kappa shape index (κ1) is 21.5. The van der Waals surface area contributed by atoms with Gasteiger partial charge in [-0.05, 0) is 24.6 Å². The number of guanidine groups is 1. The monoisotopic (exact) mass is 465 g/mol. The van der Waals surface area contributed by atoms with E-state index in [1.807, 2.05) is 71.5 Å². The maximum Gasteiger partial charge on any atom is 0.328 e. The summed E-state index contributed by atoms with van der Waals surface area (Å²) in [5.74, 6) is 0.308. The van der Waals surface area contributed by atoms with Crippen LogP contribution >= 0.6 is 11.6 Å². The van der Waals surface area contributed by atoms with Crippen molar-refractivity contribution in [2.24, 2.45) is 4.99 Å². The number of anilines is 1. The fraction of sp³-hybridized carbons (Fsp3) is 0.292. The number of fused-ring (bicyclic) bond motifs is 3. The minimum Gasteiger partial charge on any atom is -0.383 e. The van der Waals surface area contributed by atoms with Crippen LogP contribution in [-0.4, -0.2) is 72.1 Å². The Morgan fingerprint density at radius 1 is 1.09 bits per heavy atom. The number of halogens is 1. The highest BCUT2D eigenvalue weighted by molar-refractivity contribution is 6.32. The van der Waals surface area contributed by atoms with Gasteiger partial charge in [0.2, 0.25) is 5.96 Å². The molecule has 0 bridgehead atoms. The number of carbonyl (C=O) groups excluding carboxylic acids is 2. The lowest BCUT2D eigenvalue weighted by atomic mass is 10.1. The molecule has 1 fully saturated rings. The van der Waals surface area contributed by atoms with Crippen LogP contribution in [0.3, 0.4) is 0 Å². The van der Waals surface area contributed by atoms with E-state index in [2.05, 4.69) is 0 Å². The number of aliphatic imine (C=N–C) groups is 1. The Kier molecular flexibility index (Phi) is 5.34. The third kappa shape index (κ3) is 3.29. The second kappa shape index (κ2) is 8.20. The number of urea groups is 1. The van der Waals surface area contributed by atoms with Crippen LogP contribution in [0.15, 0.2) is 59.7 Å². The van der Waals surface area contributed by atoms with Crippen molar-refractivity contribution in [3.8, 4) is 0 Å². The van der Waals surface area contributed by atoms with Crippen molar-refractivity contribution in [2.75, 3.05) is 32.2 Å². The third-order valence-electron chi connectivity index (χ3n) is 6.28. The van der Waals surface area contributed by atoms with Crippen LogP contribution < -0.4 is 4.90 Å². The number of carbonyl (C=O) groups is 2. The zero-order valence-corrected chi connectivity index (χ0v) is 19.4. The van der Waals surface area contributed by atoms with Crippen molar-refractivity contribution >= 4 is 40.9 Å². The number of methoxy groups -OCH3 is 1. The van der Waals surface area contributed by atoms with Crippen LogP contribution in [-0.2, 0) is 9.53 Å². The zero-order valence-electron chi connectivity index (χ0n) is 18.6. The number of likely N-dealkylation sites (N-methyl/N-ethyl adjacent to an activating group) is 1. The number of hydrogen-bond acceptors (Lipinski definition) is 6. The predicted octanol–water partition coefficient (Wildman–Crippen LogP) is 3.37. The molecule has 3 aliphatic rings. The SMILES string of the molecule is COCCN1C(=O)C2C(N=C3N(c4cccc(Cl)c4C)C(c4ccccc4)=CN32)N(C)C1=O. The average molecular weight is 466 g/mol. The van der Waals surface area contributed by atoms with E-state index in [1.54, 1.807) is 14.2 Å². The molecule has 2 aromatic carbocycles. The Labute approximate surface area is 197 Å². The molecule has 0 aliphatic carbocycles. The van der Waals surface area contributed by atoms with Crippen molar-refractivity contribution in [3.05, 3.63) is 70.9 Å². The van der Waals surface area contributed by atoms with E-state index >= 15 is 0 Å².